The molecular weight excluding hydrogens is 280 g/mol. The summed E-state index contributed by atoms with van der Waals surface area (Å²) in [6, 6.07) is 6.85. The van der Waals surface area contributed by atoms with Crippen molar-refractivity contribution in [2.45, 2.75) is 45.3 Å². The van der Waals surface area contributed by atoms with E-state index in [4.69, 9.17) is 4.84 Å². The predicted octanol–water partition coefficient (Wildman–Crippen LogP) is 2.48. The molecule has 1 saturated heterocycles. The first-order valence-electron chi connectivity index (χ1n) is 7.77. The van der Waals surface area contributed by atoms with E-state index in [-0.39, 0.29) is 23.5 Å². The third-order valence-corrected chi connectivity index (χ3v) is 4.40. The van der Waals surface area contributed by atoms with Crippen molar-refractivity contribution in [1.29, 1.82) is 0 Å². The molecular formula is C17H22N2O3. The molecule has 1 aromatic rings. The Morgan fingerprint density at radius 2 is 1.50 bits per heavy atom. The van der Waals surface area contributed by atoms with Crippen LogP contribution in [0.1, 0.15) is 54.3 Å². The molecule has 22 heavy (non-hydrogen) atoms. The van der Waals surface area contributed by atoms with Gasteiger partial charge in [0.05, 0.1) is 17.2 Å². The number of hydroxylamine groups is 2. The topological polar surface area (TPSA) is 49.9 Å². The first-order valence-corrected chi connectivity index (χ1v) is 7.77. The van der Waals surface area contributed by atoms with E-state index in [2.05, 4.69) is 25.7 Å². The predicted molar refractivity (Wildman–Crippen MR) is 82.4 cm³/mol. The number of hydrogen-bond acceptors (Lipinski definition) is 4. The molecule has 2 heterocycles. The smallest absolute Gasteiger partial charge is 0.285 e. The number of piperidine rings is 1. The second kappa shape index (κ2) is 5.48. The fourth-order valence-corrected chi connectivity index (χ4v) is 3.04. The summed E-state index contributed by atoms with van der Waals surface area (Å²) in [6.45, 7) is 8.41. The molecule has 0 N–H and O–H groups in total. The molecule has 1 aromatic carbocycles. The van der Waals surface area contributed by atoms with Gasteiger partial charge in [0.15, 0.2) is 0 Å². The van der Waals surface area contributed by atoms with Crippen molar-refractivity contribution >= 4 is 11.8 Å². The summed E-state index contributed by atoms with van der Waals surface area (Å²) in [6.07, 6.45) is 1.57. The largest absolute Gasteiger partial charge is 0.298 e. The Kier molecular flexibility index (Phi) is 3.78. The van der Waals surface area contributed by atoms with Crippen LogP contribution in [0, 0.1) is 0 Å². The Bertz CT molecular complexity index is 563. The number of amides is 2. The molecule has 0 unspecified atom stereocenters. The number of carbonyl (C=O) groups excluding carboxylic acids is 2. The van der Waals surface area contributed by atoms with E-state index in [0.717, 1.165) is 31.0 Å². The summed E-state index contributed by atoms with van der Waals surface area (Å²) in [4.78, 5) is 32.7. The minimum absolute atomic E-state index is 0.0826. The lowest BCUT2D eigenvalue weighted by Crippen LogP contribution is -2.49. The maximum Gasteiger partial charge on any atom is 0.285 e. The van der Waals surface area contributed by atoms with E-state index in [1.54, 1.807) is 24.3 Å². The Hall–Kier alpha value is -1.72. The number of fused-ring (bicyclic) bond motifs is 1. The van der Waals surface area contributed by atoms with Crippen molar-refractivity contribution in [2.24, 2.45) is 0 Å². The highest BCUT2D eigenvalue weighted by molar-refractivity contribution is 6.20. The molecule has 5 heteroatoms. The van der Waals surface area contributed by atoms with Crippen LogP contribution in [0.15, 0.2) is 24.3 Å². The van der Waals surface area contributed by atoms with Crippen LogP contribution in [0.3, 0.4) is 0 Å². The highest BCUT2D eigenvalue weighted by Gasteiger charge is 2.39. The van der Waals surface area contributed by atoms with Crippen molar-refractivity contribution in [3.63, 3.8) is 0 Å². The lowest BCUT2D eigenvalue weighted by molar-refractivity contribution is -0.149. The van der Waals surface area contributed by atoms with Gasteiger partial charge in [-0.15, -0.1) is 5.06 Å². The maximum absolute atomic E-state index is 12.3. The fraction of sp³-hybridized carbons (Fsp3) is 0.529. The molecule has 1 fully saturated rings. The van der Waals surface area contributed by atoms with Crippen LogP contribution < -0.4 is 0 Å². The van der Waals surface area contributed by atoms with E-state index < -0.39 is 0 Å². The highest BCUT2D eigenvalue weighted by atomic mass is 16.7. The van der Waals surface area contributed by atoms with Gasteiger partial charge >= 0.3 is 0 Å². The number of imide groups is 1. The molecule has 0 aromatic heterocycles. The van der Waals surface area contributed by atoms with Crippen LogP contribution in [0.2, 0.25) is 0 Å². The highest BCUT2D eigenvalue weighted by Crippen LogP contribution is 2.27. The van der Waals surface area contributed by atoms with Gasteiger partial charge in [0.2, 0.25) is 0 Å². The molecule has 2 amide bonds. The number of likely N-dealkylation sites (tertiary alicyclic amines) is 1. The van der Waals surface area contributed by atoms with Crippen LogP contribution in [0.4, 0.5) is 0 Å². The zero-order valence-corrected chi connectivity index (χ0v) is 13.3. The van der Waals surface area contributed by atoms with Crippen LogP contribution in [-0.4, -0.2) is 46.5 Å². The van der Waals surface area contributed by atoms with Gasteiger partial charge in [0.25, 0.3) is 11.8 Å². The minimum Gasteiger partial charge on any atom is -0.298 e. The SMILES string of the molecule is CC(C)(C)N1CCC(ON2C(=O)c3ccccc3C2=O)CC1. The lowest BCUT2D eigenvalue weighted by atomic mass is 10.00. The maximum atomic E-state index is 12.3. The average Bonchev–Trinajstić information content (AvgIpc) is 2.73. The summed E-state index contributed by atoms with van der Waals surface area (Å²) in [7, 11) is 0. The summed E-state index contributed by atoms with van der Waals surface area (Å²) in [5.41, 5.74) is 1.000. The Morgan fingerprint density at radius 1 is 1.00 bits per heavy atom. The molecule has 0 radical (unpaired) electrons. The number of rotatable bonds is 2. The van der Waals surface area contributed by atoms with Gasteiger partial charge in [-0.05, 0) is 45.7 Å². The molecule has 0 bridgehead atoms. The molecule has 0 spiro atoms. The van der Waals surface area contributed by atoms with E-state index in [1.807, 2.05) is 0 Å². The van der Waals surface area contributed by atoms with Crippen molar-refractivity contribution in [3.8, 4) is 0 Å². The van der Waals surface area contributed by atoms with Gasteiger partial charge in [0.1, 0.15) is 0 Å². The van der Waals surface area contributed by atoms with Gasteiger partial charge in [-0.2, -0.15) is 0 Å². The monoisotopic (exact) mass is 302 g/mol. The van der Waals surface area contributed by atoms with Gasteiger partial charge < -0.3 is 0 Å². The normalized spacial score (nSPS) is 20.6. The molecule has 0 atom stereocenters. The standard InChI is InChI=1S/C17H22N2O3/c1-17(2,3)18-10-8-12(9-11-18)22-19-15(20)13-6-4-5-7-14(13)16(19)21/h4-7,12H,8-11H2,1-3H3. The second-order valence-corrected chi connectivity index (χ2v) is 6.91. The molecule has 3 rings (SSSR count). The van der Waals surface area contributed by atoms with Gasteiger partial charge in [-0.25, -0.2) is 0 Å². The fourth-order valence-electron chi connectivity index (χ4n) is 3.04. The third kappa shape index (κ3) is 2.66. The third-order valence-electron chi connectivity index (χ3n) is 4.40. The number of hydrogen-bond donors (Lipinski definition) is 0. The zero-order chi connectivity index (χ0) is 15.9. The minimum atomic E-state index is -0.348. The molecule has 2 aliphatic rings. The lowest BCUT2D eigenvalue weighted by Gasteiger charge is -2.40. The molecule has 0 saturated carbocycles. The molecule has 5 nitrogen and oxygen atoms in total. The van der Waals surface area contributed by atoms with Crippen molar-refractivity contribution in [1.82, 2.24) is 9.96 Å². The average molecular weight is 302 g/mol. The number of benzene rings is 1. The Labute approximate surface area is 130 Å². The summed E-state index contributed by atoms with van der Waals surface area (Å²) in [5, 5.41) is 0.947. The van der Waals surface area contributed by atoms with E-state index in [0.29, 0.717) is 11.1 Å². The number of carbonyl (C=O) groups is 2. The summed E-state index contributed by atoms with van der Waals surface area (Å²) in [5.74, 6) is -0.697. The van der Waals surface area contributed by atoms with Crippen LogP contribution >= 0.6 is 0 Å². The van der Waals surface area contributed by atoms with Crippen molar-refractivity contribution in [2.75, 3.05) is 13.1 Å². The quantitative estimate of drug-likeness (QED) is 0.788. The summed E-state index contributed by atoms with van der Waals surface area (Å²) < 4.78 is 0. The van der Waals surface area contributed by atoms with Gasteiger partial charge in [-0.3, -0.25) is 19.3 Å². The zero-order valence-electron chi connectivity index (χ0n) is 13.3. The van der Waals surface area contributed by atoms with E-state index in [1.165, 1.54) is 0 Å². The first kappa shape index (κ1) is 15.2. The Balaban J connectivity index is 1.64. The Morgan fingerprint density at radius 3 is 1.95 bits per heavy atom. The van der Waals surface area contributed by atoms with Gasteiger partial charge in [-0.1, -0.05) is 12.1 Å². The van der Waals surface area contributed by atoms with Crippen molar-refractivity contribution < 1.29 is 14.4 Å². The van der Waals surface area contributed by atoms with E-state index >= 15 is 0 Å². The first-order chi connectivity index (χ1) is 10.4. The second-order valence-electron chi connectivity index (χ2n) is 6.91. The molecule has 0 aliphatic carbocycles. The molecule has 2 aliphatic heterocycles. The van der Waals surface area contributed by atoms with E-state index in [9.17, 15) is 9.59 Å². The van der Waals surface area contributed by atoms with Crippen LogP contribution in [-0.2, 0) is 4.84 Å². The molecule has 118 valence electrons. The van der Waals surface area contributed by atoms with Crippen LogP contribution in [0.5, 0.6) is 0 Å². The van der Waals surface area contributed by atoms with Crippen LogP contribution in [0.25, 0.3) is 0 Å². The van der Waals surface area contributed by atoms with Gasteiger partial charge in [0, 0.05) is 18.6 Å². The summed E-state index contributed by atoms with van der Waals surface area (Å²) >= 11 is 0. The number of nitrogens with zero attached hydrogens (tertiary/aromatic N) is 2. The van der Waals surface area contributed by atoms with Crippen molar-refractivity contribution in [3.05, 3.63) is 35.4 Å².